The van der Waals surface area contributed by atoms with Crippen molar-refractivity contribution >= 4 is 29.0 Å². The zero-order valence-electron chi connectivity index (χ0n) is 11.6. The maximum Gasteiger partial charge on any atom is 0.238 e. The second-order valence-corrected chi connectivity index (χ2v) is 4.88. The number of carbonyl (C=O) groups excluding carboxylic acids is 1. The Morgan fingerprint density at radius 3 is 2.75 bits per heavy atom. The quantitative estimate of drug-likeness (QED) is 0.337. The minimum absolute atomic E-state index is 0.156. The Bertz CT molecular complexity index is 534. The predicted octanol–water partition coefficient (Wildman–Crippen LogP) is 2.45. The van der Waals surface area contributed by atoms with Crippen molar-refractivity contribution in [1.82, 2.24) is 0 Å². The first-order valence-corrected chi connectivity index (χ1v) is 6.39. The number of amides is 1. The minimum Gasteiger partial charge on any atom is -0.497 e. The molecule has 1 rings (SSSR count). The SMILES string of the molecule is CCC(C)(C(=O)Nc1cc(OC)ccc1Cl)/C(N)=N/O. The molecule has 4 N–H and O–H groups in total. The van der Waals surface area contributed by atoms with E-state index in [0.29, 0.717) is 22.9 Å². The molecular formula is C13H18ClN3O3. The maximum atomic E-state index is 12.3. The predicted molar refractivity (Wildman–Crippen MR) is 78.4 cm³/mol. The van der Waals surface area contributed by atoms with Crippen molar-refractivity contribution in [1.29, 1.82) is 0 Å². The lowest BCUT2D eigenvalue weighted by atomic mass is 9.85. The van der Waals surface area contributed by atoms with Crippen LogP contribution in [0.1, 0.15) is 20.3 Å². The first-order chi connectivity index (χ1) is 9.38. The molecular weight excluding hydrogens is 282 g/mol. The Balaban J connectivity index is 3.06. The van der Waals surface area contributed by atoms with Crippen LogP contribution in [0.15, 0.2) is 23.4 Å². The highest BCUT2D eigenvalue weighted by Crippen LogP contribution is 2.30. The van der Waals surface area contributed by atoms with Crippen LogP contribution in [0.5, 0.6) is 5.75 Å². The van der Waals surface area contributed by atoms with Crippen molar-refractivity contribution in [2.24, 2.45) is 16.3 Å². The van der Waals surface area contributed by atoms with Crippen LogP contribution in [0, 0.1) is 5.41 Å². The van der Waals surface area contributed by atoms with Gasteiger partial charge in [0.05, 0.1) is 17.8 Å². The van der Waals surface area contributed by atoms with Crippen LogP contribution in [0.2, 0.25) is 5.02 Å². The number of halogens is 1. The number of carbonyl (C=O) groups is 1. The van der Waals surface area contributed by atoms with Crippen molar-refractivity contribution in [3.05, 3.63) is 23.2 Å². The van der Waals surface area contributed by atoms with Gasteiger partial charge in [0.2, 0.25) is 5.91 Å². The Kier molecular flexibility index (Phi) is 5.21. The highest BCUT2D eigenvalue weighted by Gasteiger charge is 2.36. The zero-order valence-corrected chi connectivity index (χ0v) is 12.4. The van der Waals surface area contributed by atoms with Crippen LogP contribution in [-0.4, -0.2) is 24.1 Å². The van der Waals surface area contributed by atoms with Crippen molar-refractivity contribution < 1.29 is 14.7 Å². The summed E-state index contributed by atoms with van der Waals surface area (Å²) in [6.45, 7) is 3.36. The molecule has 20 heavy (non-hydrogen) atoms. The molecule has 0 radical (unpaired) electrons. The summed E-state index contributed by atoms with van der Waals surface area (Å²) in [6.07, 6.45) is 0.371. The van der Waals surface area contributed by atoms with Crippen LogP contribution >= 0.6 is 11.6 Å². The van der Waals surface area contributed by atoms with Gasteiger partial charge in [-0.3, -0.25) is 4.79 Å². The molecule has 0 bridgehead atoms. The number of methoxy groups -OCH3 is 1. The van der Waals surface area contributed by atoms with Crippen LogP contribution in [-0.2, 0) is 4.79 Å². The maximum absolute atomic E-state index is 12.3. The van der Waals surface area contributed by atoms with E-state index in [0.717, 1.165) is 0 Å². The highest BCUT2D eigenvalue weighted by molar-refractivity contribution is 6.34. The molecule has 110 valence electrons. The summed E-state index contributed by atoms with van der Waals surface area (Å²) in [5, 5.41) is 14.8. The van der Waals surface area contributed by atoms with E-state index in [1.54, 1.807) is 32.0 Å². The number of amidine groups is 1. The molecule has 7 heteroatoms. The molecule has 0 aliphatic carbocycles. The topological polar surface area (TPSA) is 96.9 Å². The molecule has 0 aliphatic heterocycles. The second kappa shape index (κ2) is 6.47. The Morgan fingerprint density at radius 2 is 2.25 bits per heavy atom. The van der Waals surface area contributed by atoms with E-state index in [-0.39, 0.29) is 5.84 Å². The zero-order chi connectivity index (χ0) is 15.3. The average molecular weight is 300 g/mol. The van der Waals surface area contributed by atoms with Crippen LogP contribution in [0.25, 0.3) is 0 Å². The molecule has 6 nitrogen and oxygen atoms in total. The molecule has 1 aromatic rings. The third-order valence-corrected chi connectivity index (χ3v) is 3.63. The van der Waals surface area contributed by atoms with Crippen LogP contribution in [0.3, 0.4) is 0 Å². The van der Waals surface area contributed by atoms with Gasteiger partial charge < -0.3 is 21.0 Å². The van der Waals surface area contributed by atoms with Crippen LogP contribution < -0.4 is 15.8 Å². The Hall–Kier alpha value is -1.95. The first kappa shape index (κ1) is 16.1. The number of ether oxygens (including phenoxy) is 1. The second-order valence-electron chi connectivity index (χ2n) is 4.47. The van der Waals surface area contributed by atoms with Gasteiger partial charge in [-0.05, 0) is 25.5 Å². The van der Waals surface area contributed by atoms with E-state index in [1.807, 2.05) is 0 Å². The molecule has 0 saturated heterocycles. The fraction of sp³-hybridized carbons (Fsp3) is 0.385. The molecule has 1 unspecified atom stereocenters. The largest absolute Gasteiger partial charge is 0.497 e. The first-order valence-electron chi connectivity index (χ1n) is 6.02. The number of nitrogens with zero attached hydrogens (tertiary/aromatic N) is 1. The molecule has 1 amide bonds. The number of nitrogens with one attached hydrogen (secondary N) is 1. The van der Waals surface area contributed by atoms with Gasteiger partial charge >= 0.3 is 0 Å². The number of hydrogen-bond donors (Lipinski definition) is 3. The normalized spacial score (nSPS) is 14.5. The average Bonchev–Trinajstić information content (AvgIpc) is 2.47. The van der Waals surface area contributed by atoms with Gasteiger partial charge in [0.15, 0.2) is 5.84 Å². The van der Waals surface area contributed by atoms with Crippen molar-refractivity contribution in [3.8, 4) is 5.75 Å². The minimum atomic E-state index is -1.12. The van der Waals surface area contributed by atoms with Gasteiger partial charge in [0, 0.05) is 6.07 Å². The monoisotopic (exact) mass is 299 g/mol. The lowest BCUT2D eigenvalue weighted by molar-refractivity contribution is -0.121. The lowest BCUT2D eigenvalue weighted by Crippen LogP contribution is -2.44. The lowest BCUT2D eigenvalue weighted by Gasteiger charge is -2.25. The van der Waals surface area contributed by atoms with Gasteiger partial charge in [-0.2, -0.15) is 0 Å². The van der Waals surface area contributed by atoms with E-state index < -0.39 is 11.3 Å². The highest BCUT2D eigenvalue weighted by atomic mass is 35.5. The summed E-state index contributed by atoms with van der Waals surface area (Å²) >= 11 is 6.02. The third kappa shape index (κ3) is 3.14. The fourth-order valence-electron chi connectivity index (χ4n) is 1.56. The fourth-order valence-corrected chi connectivity index (χ4v) is 1.72. The molecule has 0 aliphatic rings. The molecule has 1 aromatic carbocycles. The Labute approximate surface area is 122 Å². The van der Waals surface area contributed by atoms with Gasteiger partial charge in [-0.25, -0.2) is 0 Å². The molecule has 1 atom stereocenters. The van der Waals surface area contributed by atoms with E-state index in [2.05, 4.69) is 10.5 Å². The summed E-state index contributed by atoms with van der Waals surface area (Å²) in [4.78, 5) is 12.3. The van der Waals surface area contributed by atoms with Crippen LogP contribution in [0.4, 0.5) is 5.69 Å². The number of oxime groups is 1. The van der Waals surface area contributed by atoms with E-state index in [9.17, 15) is 4.79 Å². The number of hydrogen-bond acceptors (Lipinski definition) is 4. The van der Waals surface area contributed by atoms with Gasteiger partial charge in [0.1, 0.15) is 11.2 Å². The van der Waals surface area contributed by atoms with Gasteiger partial charge in [-0.15, -0.1) is 0 Å². The summed E-state index contributed by atoms with van der Waals surface area (Å²) in [5.41, 5.74) is 4.87. The summed E-state index contributed by atoms with van der Waals surface area (Å²) in [6, 6.07) is 4.89. The van der Waals surface area contributed by atoms with E-state index >= 15 is 0 Å². The number of rotatable bonds is 5. The third-order valence-electron chi connectivity index (χ3n) is 3.30. The summed E-state index contributed by atoms with van der Waals surface area (Å²) in [7, 11) is 1.52. The van der Waals surface area contributed by atoms with Gasteiger partial charge in [-0.1, -0.05) is 23.7 Å². The van der Waals surface area contributed by atoms with Crippen molar-refractivity contribution in [3.63, 3.8) is 0 Å². The van der Waals surface area contributed by atoms with Crippen molar-refractivity contribution in [2.75, 3.05) is 12.4 Å². The number of benzene rings is 1. The molecule has 0 fully saturated rings. The van der Waals surface area contributed by atoms with Gasteiger partial charge in [0.25, 0.3) is 0 Å². The summed E-state index contributed by atoms with van der Waals surface area (Å²) in [5.74, 6) is -0.00586. The summed E-state index contributed by atoms with van der Waals surface area (Å²) < 4.78 is 5.07. The number of nitrogens with two attached hydrogens (primary N) is 1. The van der Waals surface area contributed by atoms with Crippen molar-refractivity contribution in [2.45, 2.75) is 20.3 Å². The standard InChI is InChI=1S/C13H18ClN3O3/c1-4-13(2,11(15)17-19)12(18)16-10-7-8(20-3)5-6-9(10)14/h5-7,19H,4H2,1-3H3,(H2,15,17)(H,16,18). The molecule has 0 spiro atoms. The van der Waals surface area contributed by atoms with E-state index in [4.69, 9.17) is 27.3 Å². The molecule has 0 heterocycles. The molecule has 0 saturated carbocycles. The number of anilines is 1. The smallest absolute Gasteiger partial charge is 0.238 e. The molecule has 0 aromatic heterocycles. The Morgan fingerprint density at radius 1 is 1.60 bits per heavy atom. The van der Waals surface area contributed by atoms with E-state index in [1.165, 1.54) is 7.11 Å².